The van der Waals surface area contributed by atoms with Crippen molar-refractivity contribution in [2.45, 2.75) is 64.8 Å². The van der Waals surface area contributed by atoms with E-state index < -0.39 is 0 Å². The molecule has 2 unspecified atom stereocenters. The number of guanidine groups is 1. The molecule has 1 saturated carbocycles. The Bertz CT molecular complexity index is 679. The van der Waals surface area contributed by atoms with E-state index in [1.807, 2.05) is 14.0 Å². The smallest absolute Gasteiger partial charge is 0.191 e. The Morgan fingerprint density at radius 2 is 2.11 bits per heavy atom. The van der Waals surface area contributed by atoms with Crippen LogP contribution in [0.25, 0.3) is 0 Å². The molecular formula is C21H35IN4O2. The highest BCUT2D eigenvalue weighted by molar-refractivity contribution is 14.0. The lowest BCUT2D eigenvalue weighted by atomic mass is 10.1. The first-order valence-electron chi connectivity index (χ1n) is 10.1. The molecule has 2 aliphatic rings. The minimum absolute atomic E-state index is 0. The van der Waals surface area contributed by atoms with Crippen molar-refractivity contribution >= 4 is 29.9 Å². The molecule has 0 bridgehead atoms. The molecule has 28 heavy (non-hydrogen) atoms. The van der Waals surface area contributed by atoms with Gasteiger partial charge in [-0.2, -0.15) is 0 Å². The van der Waals surface area contributed by atoms with Crippen LogP contribution in [0.15, 0.2) is 17.1 Å². The van der Waals surface area contributed by atoms with Gasteiger partial charge in [0.1, 0.15) is 17.6 Å². The highest BCUT2D eigenvalue weighted by atomic mass is 127. The fourth-order valence-electron chi connectivity index (χ4n) is 3.54. The minimum Gasteiger partial charge on any atom is -0.494 e. The molecule has 1 aromatic rings. The molecule has 1 aromatic carbocycles. The summed E-state index contributed by atoms with van der Waals surface area (Å²) >= 11 is 0. The van der Waals surface area contributed by atoms with Gasteiger partial charge in [-0.1, -0.05) is 0 Å². The molecule has 1 heterocycles. The summed E-state index contributed by atoms with van der Waals surface area (Å²) in [6, 6.07) is 5.47. The molecule has 2 atom stereocenters. The van der Waals surface area contributed by atoms with Crippen molar-refractivity contribution in [1.82, 2.24) is 15.5 Å². The van der Waals surface area contributed by atoms with Crippen molar-refractivity contribution < 1.29 is 9.47 Å². The van der Waals surface area contributed by atoms with E-state index in [2.05, 4.69) is 53.6 Å². The molecule has 1 aliphatic heterocycles. The van der Waals surface area contributed by atoms with Gasteiger partial charge >= 0.3 is 0 Å². The van der Waals surface area contributed by atoms with Crippen LogP contribution < -0.4 is 20.1 Å². The standard InChI is InChI=1S/C21H34N4O2.HI/c1-6-26-19-10-16-9-15(3)27-20(16)11-17(19)13-24-21(22-4)23-12-14(2)25(5)18-7-8-18;/h10-11,14-15,18H,6-9,12-13H2,1-5H3,(H2,22,23,24);1H. The summed E-state index contributed by atoms with van der Waals surface area (Å²) in [6.07, 6.45) is 3.83. The normalized spacial score (nSPS) is 19.5. The fourth-order valence-corrected chi connectivity index (χ4v) is 3.54. The molecule has 1 aliphatic carbocycles. The third kappa shape index (κ3) is 5.89. The van der Waals surface area contributed by atoms with Gasteiger partial charge in [0.05, 0.1) is 6.61 Å². The summed E-state index contributed by atoms with van der Waals surface area (Å²) in [5.74, 6) is 2.72. The van der Waals surface area contributed by atoms with Crippen LogP contribution in [0.2, 0.25) is 0 Å². The Labute approximate surface area is 186 Å². The van der Waals surface area contributed by atoms with Crippen LogP contribution in [0.3, 0.4) is 0 Å². The molecule has 1 fully saturated rings. The Hall–Kier alpha value is -1.22. The van der Waals surface area contributed by atoms with Gasteiger partial charge < -0.3 is 20.1 Å². The molecule has 3 rings (SSSR count). The van der Waals surface area contributed by atoms with E-state index in [0.29, 0.717) is 19.2 Å². The first kappa shape index (κ1) is 23.1. The van der Waals surface area contributed by atoms with Gasteiger partial charge in [-0.15, -0.1) is 24.0 Å². The number of ether oxygens (including phenoxy) is 2. The highest BCUT2D eigenvalue weighted by Crippen LogP contribution is 2.35. The number of nitrogens with one attached hydrogen (secondary N) is 2. The molecule has 158 valence electrons. The second kappa shape index (κ2) is 10.5. The first-order valence-corrected chi connectivity index (χ1v) is 10.1. The zero-order valence-corrected chi connectivity index (χ0v) is 20.1. The third-order valence-corrected chi connectivity index (χ3v) is 5.43. The van der Waals surface area contributed by atoms with Crippen LogP contribution in [0.1, 0.15) is 44.7 Å². The van der Waals surface area contributed by atoms with Crippen LogP contribution in [-0.4, -0.2) is 56.3 Å². The summed E-state index contributed by atoms with van der Waals surface area (Å²) in [4.78, 5) is 6.81. The van der Waals surface area contributed by atoms with Gasteiger partial charge in [0.25, 0.3) is 0 Å². The number of fused-ring (bicyclic) bond motifs is 1. The fraction of sp³-hybridized carbons (Fsp3) is 0.667. The molecule has 0 amide bonds. The maximum atomic E-state index is 5.91. The second-order valence-electron chi connectivity index (χ2n) is 7.69. The van der Waals surface area contributed by atoms with E-state index in [0.717, 1.165) is 42.0 Å². The Morgan fingerprint density at radius 1 is 1.36 bits per heavy atom. The van der Waals surface area contributed by atoms with Gasteiger partial charge in [-0.05, 0) is 52.8 Å². The highest BCUT2D eigenvalue weighted by Gasteiger charge is 2.29. The van der Waals surface area contributed by atoms with Gasteiger partial charge in [-0.25, -0.2) is 0 Å². The zero-order chi connectivity index (χ0) is 19.4. The van der Waals surface area contributed by atoms with Crippen molar-refractivity contribution in [1.29, 1.82) is 0 Å². The number of aliphatic imine (C=N–C) groups is 1. The molecule has 0 spiro atoms. The van der Waals surface area contributed by atoms with E-state index in [4.69, 9.17) is 9.47 Å². The largest absolute Gasteiger partial charge is 0.494 e. The number of benzene rings is 1. The van der Waals surface area contributed by atoms with Crippen molar-refractivity contribution in [3.63, 3.8) is 0 Å². The number of hydrogen-bond acceptors (Lipinski definition) is 4. The topological polar surface area (TPSA) is 58.1 Å². The molecule has 2 N–H and O–H groups in total. The van der Waals surface area contributed by atoms with Gasteiger partial charge in [0, 0.05) is 49.8 Å². The van der Waals surface area contributed by atoms with Crippen molar-refractivity contribution in [2.24, 2.45) is 4.99 Å². The monoisotopic (exact) mass is 502 g/mol. The van der Waals surface area contributed by atoms with Crippen LogP contribution in [0, 0.1) is 0 Å². The van der Waals surface area contributed by atoms with E-state index in [1.54, 1.807) is 0 Å². The number of halogens is 1. The second-order valence-corrected chi connectivity index (χ2v) is 7.69. The number of rotatable bonds is 8. The van der Waals surface area contributed by atoms with Crippen molar-refractivity contribution in [3.05, 3.63) is 23.3 Å². The van der Waals surface area contributed by atoms with Crippen LogP contribution >= 0.6 is 24.0 Å². The average molecular weight is 502 g/mol. The minimum atomic E-state index is 0. The van der Waals surface area contributed by atoms with Gasteiger partial charge in [-0.3, -0.25) is 9.89 Å². The maximum absolute atomic E-state index is 5.91. The van der Waals surface area contributed by atoms with Crippen LogP contribution in [0.4, 0.5) is 0 Å². The van der Waals surface area contributed by atoms with Crippen LogP contribution in [-0.2, 0) is 13.0 Å². The SMILES string of the molecule is CCOc1cc2c(cc1CNC(=NC)NCC(C)N(C)C1CC1)OC(C)C2.I. The molecule has 0 saturated heterocycles. The summed E-state index contributed by atoms with van der Waals surface area (Å²) in [7, 11) is 4.02. The van der Waals surface area contributed by atoms with E-state index >= 15 is 0 Å². The van der Waals surface area contributed by atoms with Gasteiger partial charge in [0.2, 0.25) is 0 Å². The predicted octanol–water partition coefficient (Wildman–Crippen LogP) is 3.17. The van der Waals surface area contributed by atoms with Crippen LogP contribution in [0.5, 0.6) is 11.5 Å². The van der Waals surface area contributed by atoms with Crippen molar-refractivity contribution in [3.8, 4) is 11.5 Å². The number of hydrogen-bond donors (Lipinski definition) is 2. The average Bonchev–Trinajstić information content (AvgIpc) is 3.43. The molecule has 0 radical (unpaired) electrons. The number of likely N-dealkylation sites (N-methyl/N-ethyl adjacent to an activating group) is 1. The van der Waals surface area contributed by atoms with Crippen molar-refractivity contribution in [2.75, 3.05) is 27.2 Å². The quantitative estimate of drug-likeness (QED) is 0.325. The maximum Gasteiger partial charge on any atom is 0.191 e. The van der Waals surface area contributed by atoms with E-state index in [9.17, 15) is 0 Å². The third-order valence-electron chi connectivity index (χ3n) is 5.43. The van der Waals surface area contributed by atoms with E-state index in [-0.39, 0.29) is 30.1 Å². The Balaban J connectivity index is 0.00000280. The lowest BCUT2D eigenvalue weighted by Crippen LogP contribution is -2.45. The van der Waals surface area contributed by atoms with E-state index in [1.165, 1.54) is 18.4 Å². The number of nitrogens with zero attached hydrogens (tertiary/aromatic N) is 2. The molecule has 7 heteroatoms. The molecule has 6 nitrogen and oxygen atoms in total. The summed E-state index contributed by atoms with van der Waals surface area (Å²) in [5, 5.41) is 6.85. The summed E-state index contributed by atoms with van der Waals surface area (Å²) in [5.41, 5.74) is 2.32. The van der Waals surface area contributed by atoms with Gasteiger partial charge in [0.15, 0.2) is 5.96 Å². The predicted molar refractivity (Wildman–Crippen MR) is 125 cm³/mol. The Morgan fingerprint density at radius 3 is 2.75 bits per heavy atom. The summed E-state index contributed by atoms with van der Waals surface area (Å²) in [6.45, 7) is 8.54. The Kier molecular flexibility index (Phi) is 8.67. The lowest BCUT2D eigenvalue weighted by molar-refractivity contribution is 0.247. The molecule has 0 aromatic heterocycles. The summed E-state index contributed by atoms with van der Waals surface area (Å²) < 4.78 is 11.8. The molecular weight excluding hydrogens is 467 g/mol. The zero-order valence-electron chi connectivity index (χ0n) is 17.7. The lowest BCUT2D eigenvalue weighted by Gasteiger charge is -2.25. The first-order chi connectivity index (χ1) is 13.0.